The minimum absolute atomic E-state index is 0.0542. The molecular formula is C24H39NO2S. The summed E-state index contributed by atoms with van der Waals surface area (Å²) in [5.41, 5.74) is 5.60. The molecule has 1 atom stereocenters. The van der Waals surface area contributed by atoms with Gasteiger partial charge in [-0.25, -0.2) is 0 Å². The van der Waals surface area contributed by atoms with Gasteiger partial charge in [-0.1, -0.05) is 47.5 Å². The lowest BCUT2D eigenvalue weighted by Gasteiger charge is -2.49. The van der Waals surface area contributed by atoms with Crippen molar-refractivity contribution < 1.29 is 8.98 Å². The predicted molar refractivity (Wildman–Crippen MR) is 121 cm³/mol. The van der Waals surface area contributed by atoms with Gasteiger partial charge in [-0.15, -0.1) is 10.3 Å². The SMILES string of the molecule is Cc1c(C=O)c(C(C)C)nc2c1C(OS(C)(C)C(C)(C)C)CC1(CCCC1)C2. The lowest BCUT2D eigenvalue weighted by Crippen LogP contribution is -2.34. The first-order valence-corrected chi connectivity index (χ1v) is 13.2. The van der Waals surface area contributed by atoms with E-state index in [-0.39, 0.29) is 16.8 Å². The molecule has 158 valence electrons. The highest BCUT2D eigenvalue weighted by Gasteiger charge is 2.45. The highest BCUT2D eigenvalue weighted by atomic mass is 32.3. The lowest BCUT2D eigenvalue weighted by atomic mass is 9.69. The van der Waals surface area contributed by atoms with Gasteiger partial charge in [-0.2, -0.15) is 0 Å². The Bertz CT molecular complexity index is 755. The molecule has 0 bridgehead atoms. The summed E-state index contributed by atoms with van der Waals surface area (Å²) in [5.74, 6) is 0.252. The molecule has 1 aromatic heterocycles. The van der Waals surface area contributed by atoms with Crippen molar-refractivity contribution >= 4 is 16.6 Å². The van der Waals surface area contributed by atoms with E-state index >= 15 is 0 Å². The van der Waals surface area contributed by atoms with Crippen LogP contribution in [-0.2, 0) is 10.6 Å². The zero-order valence-electron chi connectivity index (χ0n) is 19.1. The Morgan fingerprint density at radius 2 is 1.82 bits per heavy atom. The standard InChI is InChI=1S/C24H39NO2S/c1-16(2)22-18(15-26)17(3)21-19(25-22)13-24(11-9-10-12-24)14-20(21)27-28(7,8)23(4,5)6/h15-16,20H,9-14H2,1-8H3. The topological polar surface area (TPSA) is 39.2 Å². The molecule has 1 fully saturated rings. The number of hydrogen-bond donors (Lipinski definition) is 0. The maximum atomic E-state index is 12.0. The summed E-state index contributed by atoms with van der Waals surface area (Å²) in [7, 11) is -1.27. The first-order valence-electron chi connectivity index (χ1n) is 10.8. The molecule has 0 aliphatic heterocycles. The minimum Gasteiger partial charge on any atom is -0.329 e. The molecule has 1 aromatic rings. The molecule has 0 aromatic carbocycles. The molecule has 1 spiro atoms. The number of rotatable bonds is 4. The quantitative estimate of drug-likeness (QED) is 0.525. The normalized spacial score (nSPS) is 22.5. The highest BCUT2D eigenvalue weighted by Crippen LogP contribution is 2.61. The summed E-state index contributed by atoms with van der Waals surface area (Å²) >= 11 is 0. The minimum atomic E-state index is -1.27. The zero-order chi connectivity index (χ0) is 20.9. The van der Waals surface area contributed by atoms with E-state index in [2.05, 4.69) is 54.1 Å². The van der Waals surface area contributed by atoms with Crippen LogP contribution in [0.4, 0.5) is 0 Å². The second-order valence-electron chi connectivity index (χ2n) is 10.7. The van der Waals surface area contributed by atoms with Gasteiger partial charge in [-0.05, 0) is 62.0 Å². The Kier molecular flexibility index (Phi) is 5.79. The molecule has 28 heavy (non-hydrogen) atoms. The second kappa shape index (κ2) is 7.43. The number of aldehydes is 1. The van der Waals surface area contributed by atoms with Gasteiger partial charge in [0, 0.05) is 21.6 Å². The molecule has 3 nitrogen and oxygen atoms in total. The Labute approximate surface area is 173 Å². The van der Waals surface area contributed by atoms with Gasteiger partial charge in [0.2, 0.25) is 0 Å². The van der Waals surface area contributed by atoms with Gasteiger partial charge in [-0.3, -0.25) is 9.78 Å². The molecule has 1 unspecified atom stereocenters. The molecular weight excluding hydrogens is 366 g/mol. The average molecular weight is 406 g/mol. The van der Waals surface area contributed by atoms with E-state index in [9.17, 15) is 4.79 Å². The molecule has 0 N–H and O–H groups in total. The van der Waals surface area contributed by atoms with Crippen molar-refractivity contribution in [2.45, 2.75) is 96.8 Å². The molecule has 4 heteroatoms. The van der Waals surface area contributed by atoms with Gasteiger partial charge in [0.25, 0.3) is 0 Å². The molecule has 3 rings (SSSR count). The fraction of sp³-hybridized carbons (Fsp3) is 0.750. The van der Waals surface area contributed by atoms with E-state index in [1.54, 1.807) is 0 Å². The van der Waals surface area contributed by atoms with Crippen molar-refractivity contribution in [3.63, 3.8) is 0 Å². The molecule has 0 saturated heterocycles. The van der Waals surface area contributed by atoms with Crippen LogP contribution in [0.2, 0.25) is 0 Å². The monoisotopic (exact) mass is 405 g/mol. The van der Waals surface area contributed by atoms with E-state index in [1.165, 1.54) is 36.9 Å². The highest BCUT2D eigenvalue weighted by molar-refractivity contribution is 8.29. The first kappa shape index (κ1) is 21.8. The van der Waals surface area contributed by atoms with Gasteiger partial charge < -0.3 is 4.18 Å². The van der Waals surface area contributed by atoms with Gasteiger partial charge in [0.05, 0.1) is 11.8 Å². The Morgan fingerprint density at radius 3 is 2.32 bits per heavy atom. The van der Waals surface area contributed by atoms with Crippen molar-refractivity contribution in [3.8, 4) is 0 Å². The zero-order valence-corrected chi connectivity index (χ0v) is 20.0. The summed E-state index contributed by atoms with van der Waals surface area (Å²) in [5, 5.41) is 0. The summed E-state index contributed by atoms with van der Waals surface area (Å²) in [6.45, 7) is 13.2. The summed E-state index contributed by atoms with van der Waals surface area (Å²) in [6.07, 6.45) is 13.0. The second-order valence-corrected chi connectivity index (χ2v) is 14.6. The van der Waals surface area contributed by atoms with Crippen LogP contribution in [0.25, 0.3) is 0 Å². The van der Waals surface area contributed by atoms with Crippen molar-refractivity contribution in [1.82, 2.24) is 4.98 Å². The number of aromatic nitrogens is 1. The fourth-order valence-electron chi connectivity index (χ4n) is 4.92. The molecule has 1 heterocycles. The van der Waals surface area contributed by atoms with E-state index in [4.69, 9.17) is 9.17 Å². The van der Waals surface area contributed by atoms with Crippen LogP contribution in [0, 0.1) is 12.3 Å². The van der Waals surface area contributed by atoms with Crippen LogP contribution < -0.4 is 0 Å². The number of carbonyl (C=O) groups is 1. The number of carbonyl (C=O) groups excluding carboxylic acids is 1. The Hall–Kier alpha value is -0.870. The third-order valence-electron chi connectivity index (χ3n) is 7.29. The number of nitrogens with zero attached hydrogens (tertiary/aromatic N) is 1. The van der Waals surface area contributed by atoms with Crippen molar-refractivity contribution in [3.05, 3.63) is 28.1 Å². The summed E-state index contributed by atoms with van der Waals surface area (Å²) < 4.78 is 7.08. The van der Waals surface area contributed by atoms with Crippen LogP contribution in [-0.4, -0.2) is 28.5 Å². The third kappa shape index (κ3) is 3.79. The van der Waals surface area contributed by atoms with Gasteiger partial charge >= 0.3 is 0 Å². The van der Waals surface area contributed by atoms with Crippen LogP contribution in [0.1, 0.15) is 112 Å². The molecule has 2 aliphatic carbocycles. The van der Waals surface area contributed by atoms with E-state index in [0.29, 0.717) is 5.41 Å². The number of fused-ring (bicyclic) bond motifs is 1. The first-order chi connectivity index (χ1) is 12.9. The fourth-order valence-corrected chi connectivity index (χ4v) is 5.95. The Morgan fingerprint density at radius 1 is 1.21 bits per heavy atom. The average Bonchev–Trinajstić information content (AvgIpc) is 3.00. The molecule has 0 amide bonds. The van der Waals surface area contributed by atoms with Crippen LogP contribution in [0.15, 0.2) is 0 Å². The van der Waals surface area contributed by atoms with Crippen LogP contribution in [0.3, 0.4) is 0 Å². The largest absolute Gasteiger partial charge is 0.329 e. The maximum Gasteiger partial charge on any atom is 0.152 e. The third-order valence-corrected chi connectivity index (χ3v) is 11.0. The smallest absolute Gasteiger partial charge is 0.152 e. The lowest BCUT2D eigenvalue weighted by molar-refractivity contribution is 0.110. The van der Waals surface area contributed by atoms with Crippen molar-refractivity contribution in [2.75, 3.05) is 12.5 Å². The van der Waals surface area contributed by atoms with Crippen molar-refractivity contribution in [1.29, 1.82) is 0 Å². The maximum absolute atomic E-state index is 12.0. The predicted octanol–water partition coefficient (Wildman–Crippen LogP) is 6.67. The molecule has 2 aliphatic rings. The summed E-state index contributed by atoms with van der Waals surface area (Å²) in [6, 6.07) is 0. The Balaban J connectivity index is 2.15. The van der Waals surface area contributed by atoms with E-state index in [0.717, 1.165) is 35.9 Å². The molecule has 0 radical (unpaired) electrons. The number of hydrogen-bond acceptors (Lipinski definition) is 3. The molecule has 1 saturated carbocycles. The van der Waals surface area contributed by atoms with Crippen LogP contribution in [0.5, 0.6) is 0 Å². The van der Waals surface area contributed by atoms with Gasteiger partial charge in [0.1, 0.15) is 0 Å². The summed E-state index contributed by atoms with van der Waals surface area (Å²) in [4.78, 5) is 17.1. The number of pyridine rings is 1. The van der Waals surface area contributed by atoms with Crippen molar-refractivity contribution in [2.24, 2.45) is 5.41 Å². The van der Waals surface area contributed by atoms with E-state index in [1.807, 2.05) is 0 Å². The van der Waals surface area contributed by atoms with E-state index < -0.39 is 10.3 Å². The van der Waals surface area contributed by atoms with Crippen LogP contribution >= 0.6 is 10.3 Å². The van der Waals surface area contributed by atoms with Gasteiger partial charge in [0.15, 0.2) is 6.29 Å².